The van der Waals surface area contributed by atoms with Crippen LogP contribution >= 0.6 is 0 Å². The first-order valence-electron chi connectivity index (χ1n) is 10.9. The summed E-state index contributed by atoms with van der Waals surface area (Å²) in [5, 5.41) is 7.59. The van der Waals surface area contributed by atoms with E-state index in [-0.39, 0.29) is 17.2 Å². The number of oxazole rings is 1. The number of ether oxygens (including phenoxy) is 1. The lowest BCUT2D eigenvalue weighted by atomic mass is 9.62. The zero-order chi connectivity index (χ0) is 21.4. The minimum atomic E-state index is -0.0994. The number of aryl methyl sites for hydroxylation is 1. The molecule has 5 rings (SSSR count). The van der Waals surface area contributed by atoms with Crippen LogP contribution in [-0.2, 0) is 6.42 Å². The van der Waals surface area contributed by atoms with Crippen molar-refractivity contribution in [1.29, 1.82) is 0 Å². The van der Waals surface area contributed by atoms with Gasteiger partial charge in [-0.15, -0.1) is 0 Å². The van der Waals surface area contributed by atoms with E-state index in [1.165, 1.54) is 12.8 Å². The Morgan fingerprint density at radius 2 is 2.13 bits per heavy atom. The van der Waals surface area contributed by atoms with Crippen LogP contribution in [0.1, 0.15) is 60.7 Å². The largest absolute Gasteiger partial charge is 0.497 e. The molecule has 0 radical (unpaired) electrons. The standard InChI is InChI=1S/C23H27N5O3/c1-3-5-18-25-21(27-26-18)17-12-28(13-23(17)10-4-11-23)22(29)19-20(31-14-24-19)15-6-8-16(30-2)9-7-15/h6-9,14,17H,3-5,10-13H2,1-2H3,(H,25,26,27). The number of carbonyl (C=O) groups excluding carboxylic acids is 1. The minimum absolute atomic E-state index is 0.0748. The van der Waals surface area contributed by atoms with E-state index < -0.39 is 0 Å². The Bertz CT molecular complexity index is 1070. The second-order valence-electron chi connectivity index (χ2n) is 8.60. The molecular weight excluding hydrogens is 394 g/mol. The minimum Gasteiger partial charge on any atom is -0.497 e. The van der Waals surface area contributed by atoms with E-state index in [1.54, 1.807) is 7.11 Å². The van der Waals surface area contributed by atoms with Crippen molar-refractivity contribution in [2.24, 2.45) is 5.41 Å². The van der Waals surface area contributed by atoms with Crippen LogP contribution in [-0.4, -0.2) is 51.2 Å². The molecule has 1 amide bonds. The topological polar surface area (TPSA) is 97.1 Å². The van der Waals surface area contributed by atoms with Gasteiger partial charge in [-0.2, -0.15) is 5.10 Å². The lowest BCUT2D eigenvalue weighted by molar-refractivity contribution is 0.0719. The van der Waals surface area contributed by atoms with Crippen molar-refractivity contribution in [3.63, 3.8) is 0 Å². The van der Waals surface area contributed by atoms with Crippen LogP contribution in [0.15, 0.2) is 35.1 Å². The predicted octanol–water partition coefficient (Wildman–Crippen LogP) is 3.83. The van der Waals surface area contributed by atoms with Crippen LogP contribution in [0.2, 0.25) is 0 Å². The van der Waals surface area contributed by atoms with E-state index in [0.717, 1.165) is 48.6 Å². The highest BCUT2D eigenvalue weighted by atomic mass is 16.5. The fraction of sp³-hybridized carbons (Fsp3) is 0.478. The molecule has 3 aromatic rings. The lowest BCUT2D eigenvalue weighted by Gasteiger charge is -2.41. The highest BCUT2D eigenvalue weighted by molar-refractivity contribution is 5.98. The van der Waals surface area contributed by atoms with Crippen molar-refractivity contribution in [3.05, 3.63) is 48.0 Å². The SMILES string of the molecule is CCCc1nc(C2CN(C(=O)c3ncoc3-c3ccc(OC)cc3)CC23CCC3)n[nH]1. The summed E-state index contributed by atoms with van der Waals surface area (Å²) in [5.74, 6) is 3.06. The van der Waals surface area contributed by atoms with Crippen molar-refractivity contribution in [2.75, 3.05) is 20.2 Å². The van der Waals surface area contributed by atoms with Gasteiger partial charge in [0.2, 0.25) is 0 Å². The molecule has 1 aliphatic heterocycles. The highest BCUT2D eigenvalue weighted by Gasteiger charge is 2.53. The van der Waals surface area contributed by atoms with Gasteiger partial charge in [0.25, 0.3) is 5.91 Å². The average Bonchev–Trinajstić information content (AvgIpc) is 3.50. The molecule has 1 aliphatic carbocycles. The van der Waals surface area contributed by atoms with Crippen molar-refractivity contribution >= 4 is 5.91 Å². The molecule has 2 aromatic heterocycles. The Morgan fingerprint density at radius 1 is 1.32 bits per heavy atom. The molecule has 0 bridgehead atoms. The number of amides is 1. The summed E-state index contributed by atoms with van der Waals surface area (Å²) in [6, 6.07) is 7.44. The third kappa shape index (κ3) is 3.40. The Balaban J connectivity index is 1.40. The Kier molecular flexibility index (Phi) is 5.00. The summed E-state index contributed by atoms with van der Waals surface area (Å²) in [4.78, 5) is 24.4. The number of nitrogens with one attached hydrogen (secondary N) is 1. The summed E-state index contributed by atoms with van der Waals surface area (Å²) in [7, 11) is 1.62. The van der Waals surface area contributed by atoms with Gasteiger partial charge >= 0.3 is 0 Å². The molecule has 1 spiro atoms. The first-order valence-corrected chi connectivity index (χ1v) is 10.9. The van der Waals surface area contributed by atoms with Gasteiger partial charge in [-0.1, -0.05) is 13.3 Å². The number of benzene rings is 1. The Hall–Kier alpha value is -3.16. The smallest absolute Gasteiger partial charge is 0.276 e. The van der Waals surface area contributed by atoms with Gasteiger partial charge in [0.05, 0.1) is 7.11 Å². The zero-order valence-electron chi connectivity index (χ0n) is 17.9. The van der Waals surface area contributed by atoms with Crippen LogP contribution in [0, 0.1) is 5.41 Å². The fourth-order valence-corrected chi connectivity index (χ4v) is 4.93. The van der Waals surface area contributed by atoms with Gasteiger partial charge in [-0.05, 0) is 48.9 Å². The van der Waals surface area contributed by atoms with E-state index >= 15 is 0 Å². The molecule has 162 valence electrons. The summed E-state index contributed by atoms with van der Waals surface area (Å²) < 4.78 is 10.8. The first kappa shape index (κ1) is 19.8. The van der Waals surface area contributed by atoms with Gasteiger partial charge in [-0.3, -0.25) is 9.89 Å². The van der Waals surface area contributed by atoms with Crippen LogP contribution in [0.5, 0.6) is 5.75 Å². The van der Waals surface area contributed by atoms with Crippen molar-refractivity contribution < 1.29 is 13.9 Å². The monoisotopic (exact) mass is 421 g/mol. The summed E-state index contributed by atoms with van der Waals surface area (Å²) >= 11 is 0. The molecule has 2 aliphatic rings. The maximum absolute atomic E-state index is 13.5. The number of H-pyrrole nitrogens is 1. The summed E-state index contributed by atoms with van der Waals surface area (Å²) in [5.41, 5.74) is 1.22. The maximum Gasteiger partial charge on any atom is 0.276 e. The molecule has 2 fully saturated rings. The molecule has 3 heterocycles. The number of carbonyl (C=O) groups is 1. The second kappa shape index (κ2) is 7.83. The summed E-state index contributed by atoms with van der Waals surface area (Å²) in [6.07, 6.45) is 6.64. The number of nitrogens with zero attached hydrogens (tertiary/aromatic N) is 4. The van der Waals surface area contributed by atoms with Gasteiger partial charge in [-0.25, -0.2) is 9.97 Å². The van der Waals surface area contributed by atoms with Crippen molar-refractivity contribution in [3.8, 4) is 17.1 Å². The van der Waals surface area contributed by atoms with E-state index in [0.29, 0.717) is 24.5 Å². The molecule has 31 heavy (non-hydrogen) atoms. The van der Waals surface area contributed by atoms with Gasteiger partial charge in [0, 0.05) is 31.0 Å². The van der Waals surface area contributed by atoms with Gasteiger partial charge < -0.3 is 14.1 Å². The number of likely N-dealkylation sites (tertiary alicyclic amines) is 1. The lowest BCUT2D eigenvalue weighted by Crippen LogP contribution is -2.38. The van der Waals surface area contributed by atoms with E-state index in [2.05, 4.69) is 22.1 Å². The molecule has 1 saturated heterocycles. The second-order valence-corrected chi connectivity index (χ2v) is 8.60. The van der Waals surface area contributed by atoms with Crippen LogP contribution in [0.3, 0.4) is 0 Å². The molecule has 1 saturated carbocycles. The van der Waals surface area contributed by atoms with Crippen LogP contribution in [0.25, 0.3) is 11.3 Å². The fourth-order valence-electron chi connectivity index (χ4n) is 4.93. The third-order valence-electron chi connectivity index (χ3n) is 6.75. The van der Waals surface area contributed by atoms with E-state index in [1.807, 2.05) is 29.2 Å². The number of hydrogen-bond donors (Lipinski definition) is 1. The predicted molar refractivity (Wildman–Crippen MR) is 114 cm³/mol. The molecule has 1 atom stereocenters. The van der Waals surface area contributed by atoms with Crippen molar-refractivity contribution in [2.45, 2.75) is 44.9 Å². The van der Waals surface area contributed by atoms with Crippen LogP contribution < -0.4 is 4.74 Å². The number of aromatic amines is 1. The average molecular weight is 422 g/mol. The molecule has 1 unspecified atom stereocenters. The quantitative estimate of drug-likeness (QED) is 0.650. The van der Waals surface area contributed by atoms with E-state index in [4.69, 9.17) is 14.1 Å². The Morgan fingerprint density at radius 3 is 2.81 bits per heavy atom. The molecular formula is C23H27N5O3. The van der Waals surface area contributed by atoms with E-state index in [9.17, 15) is 4.79 Å². The molecule has 1 N–H and O–H groups in total. The van der Waals surface area contributed by atoms with Gasteiger partial charge in [0.1, 0.15) is 11.6 Å². The third-order valence-corrected chi connectivity index (χ3v) is 6.75. The van der Waals surface area contributed by atoms with Gasteiger partial charge in [0.15, 0.2) is 23.7 Å². The highest BCUT2D eigenvalue weighted by Crippen LogP contribution is 2.55. The Labute approximate surface area is 181 Å². The zero-order valence-corrected chi connectivity index (χ0v) is 17.9. The summed E-state index contributed by atoms with van der Waals surface area (Å²) in [6.45, 7) is 3.45. The van der Waals surface area contributed by atoms with Crippen molar-refractivity contribution in [1.82, 2.24) is 25.1 Å². The molecule has 8 nitrogen and oxygen atoms in total. The number of hydrogen-bond acceptors (Lipinski definition) is 6. The number of rotatable bonds is 6. The first-order chi connectivity index (χ1) is 15.1. The normalized spacial score (nSPS) is 19.5. The molecule has 8 heteroatoms. The number of methoxy groups -OCH3 is 1. The van der Waals surface area contributed by atoms with Crippen LogP contribution in [0.4, 0.5) is 0 Å². The molecule has 1 aromatic carbocycles. The number of aromatic nitrogens is 4. The maximum atomic E-state index is 13.5.